The van der Waals surface area contributed by atoms with E-state index < -0.39 is 5.92 Å². The molecule has 2 amide bonds. The fraction of sp³-hybridized carbons (Fsp3) is 0.261. The van der Waals surface area contributed by atoms with Crippen LogP contribution in [0.15, 0.2) is 53.1 Å². The van der Waals surface area contributed by atoms with Crippen molar-refractivity contribution in [3.63, 3.8) is 0 Å². The predicted molar refractivity (Wildman–Crippen MR) is 123 cm³/mol. The number of nitrogens with zero attached hydrogens (tertiary/aromatic N) is 1. The number of amides is 2. The summed E-state index contributed by atoms with van der Waals surface area (Å²) in [5, 5.41) is 16.1. The van der Waals surface area contributed by atoms with E-state index in [0.29, 0.717) is 27.1 Å². The van der Waals surface area contributed by atoms with Crippen LogP contribution in [0.3, 0.4) is 0 Å². The number of carbonyl (C=O) groups excluding carboxylic acids is 2. The molecule has 2 aromatic rings. The lowest BCUT2D eigenvalue weighted by Crippen LogP contribution is -2.31. The van der Waals surface area contributed by atoms with E-state index in [9.17, 15) is 14.9 Å². The Balaban J connectivity index is 1.74. The zero-order chi connectivity index (χ0) is 22.4. The van der Waals surface area contributed by atoms with Crippen molar-refractivity contribution < 1.29 is 14.3 Å². The van der Waals surface area contributed by atoms with E-state index in [1.807, 2.05) is 24.3 Å². The molecule has 0 aromatic heterocycles. The Bertz CT molecular complexity index is 1060. The molecule has 3 rings (SSSR count). The van der Waals surface area contributed by atoms with Gasteiger partial charge in [0.05, 0.1) is 34.6 Å². The smallest absolute Gasteiger partial charge is 0.234 e. The summed E-state index contributed by atoms with van der Waals surface area (Å²) in [5.74, 6) is -0.288. The second-order valence-corrected chi connectivity index (χ2v) is 8.33. The van der Waals surface area contributed by atoms with Gasteiger partial charge in [-0.25, -0.2) is 0 Å². The molecule has 160 valence electrons. The van der Waals surface area contributed by atoms with Gasteiger partial charge in [0.15, 0.2) is 0 Å². The number of ether oxygens (including phenoxy) is 1. The number of benzene rings is 2. The number of hydrogen-bond donors (Lipinski definition) is 2. The highest BCUT2D eigenvalue weighted by Gasteiger charge is 2.30. The lowest BCUT2D eigenvalue weighted by molar-refractivity contribution is -0.121. The van der Waals surface area contributed by atoms with E-state index in [0.717, 1.165) is 23.7 Å². The quantitative estimate of drug-likeness (QED) is 0.635. The summed E-state index contributed by atoms with van der Waals surface area (Å²) in [4.78, 5) is 24.7. The number of rotatable bonds is 7. The van der Waals surface area contributed by atoms with Crippen LogP contribution in [0.1, 0.15) is 30.4 Å². The highest BCUT2D eigenvalue weighted by atomic mass is 35.5. The van der Waals surface area contributed by atoms with Gasteiger partial charge in [-0.15, -0.1) is 0 Å². The Kier molecular flexibility index (Phi) is 7.61. The first-order chi connectivity index (χ1) is 14.9. The molecule has 0 saturated heterocycles. The molecule has 1 aliphatic rings. The minimum Gasteiger partial charge on any atom is -0.495 e. The van der Waals surface area contributed by atoms with Gasteiger partial charge in [-0.05, 0) is 41.8 Å². The molecule has 31 heavy (non-hydrogen) atoms. The average molecular weight is 456 g/mol. The third-order valence-electron chi connectivity index (χ3n) is 4.93. The molecule has 0 aliphatic carbocycles. The molecule has 1 heterocycles. The number of nitrogens with one attached hydrogen (secondary N) is 2. The Morgan fingerprint density at radius 1 is 1.32 bits per heavy atom. The van der Waals surface area contributed by atoms with E-state index >= 15 is 0 Å². The molecule has 0 bridgehead atoms. The SMILES string of the molecule is CCc1ccc(NC(=O)CSC2=C(C#N)[C@@H](c3ccc(OC)c(Cl)c3)CC(=O)N2)cc1. The number of aryl methyl sites for hydroxylation is 1. The molecule has 8 heteroatoms. The van der Waals surface area contributed by atoms with E-state index in [2.05, 4.69) is 23.6 Å². The number of carbonyl (C=O) groups is 2. The van der Waals surface area contributed by atoms with E-state index in [1.54, 1.807) is 18.2 Å². The molecule has 2 N–H and O–H groups in total. The minimum atomic E-state index is -0.436. The maximum Gasteiger partial charge on any atom is 0.234 e. The number of methoxy groups -OCH3 is 1. The Morgan fingerprint density at radius 2 is 2.06 bits per heavy atom. The van der Waals surface area contributed by atoms with Crippen LogP contribution in [0.2, 0.25) is 5.02 Å². The molecule has 2 aromatic carbocycles. The van der Waals surface area contributed by atoms with Crippen molar-refractivity contribution in [1.82, 2.24) is 5.32 Å². The first kappa shape index (κ1) is 22.7. The first-order valence-corrected chi connectivity index (χ1v) is 11.1. The Hall–Kier alpha value is -2.95. The maximum atomic E-state index is 12.4. The predicted octanol–water partition coefficient (Wildman–Crippen LogP) is 4.62. The van der Waals surface area contributed by atoms with Gasteiger partial charge in [-0.2, -0.15) is 5.26 Å². The van der Waals surface area contributed by atoms with Crippen LogP contribution in [-0.4, -0.2) is 24.7 Å². The number of hydrogen-bond acceptors (Lipinski definition) is 5. The van der Waals surface area contributed by atoms with E-state index in [-0.39, 0.29) is 24.0 Å². The second-order valence-electron chi connectivity index (χ2n) is 6.94. The fourth-order valence-electron chi connectivity index (χ4n) is 3.28. The van der Waals surface area contributed by atoms with Gasteiger partial charge in [0, 0.05) is 18.0 Å². The number of allylic oxidation sites excluding steroid dienone is 1. The van der Waals surface area contributed by atoms with Gasteiger partial charge in [-0.1, -0.05) is 48.5 Å². The lowest BCUT2D eigenvalue weighted by Gasteiger charge is -2.25. The van der Waals surface area contributed by atoms with Crippen LogP contribution in [0.25, 0.3) is 0 Å². The molecule has 0 saturated carbocycles. The minimum absolute atomic E-state index is 0.0619. The van der Waals surface area contributed by atoms with Crippen molar-refractivity contribution in [2.75, 3.05) is 18.2 Å². The summed E-state index contributed by atoms with van der Waals surface area (Å²) in [7, 11) is 1.52. The Morgan fingerprint density at radius 3 is 2.68 bits per heavy atom. The first-order valence-electron chi connectivity index (χ1n) is 9.74. The number of nitriles is 1. The molecule has 0 unspecified atom stereocenters. The van der Waals surface area contributed by atoms with Gasteiger partial charge < -0.3 is 15.4 Å². The Labute approximate surface area is 190 Å². The largest absolute Gasteiger partial charge is 0.495 e. The zero-order valence-electron chi connectivity index (χ0n) is 17.2. The van der Waals surface area contributed by atoms with Crippen LogP contribution in [0.4, 0.5) is 5.69 Å². The lowest BCUT2D eigenvalue weighted by atomic mass is 9.87. The van der Waals surface area contributed by atoms with Crippen LogP contribution in [-0.2, 0) is 16.0 Å². The van der Waals surface area contributed by atoms with Crippen LogP contribution in [0.5, 0.6) is 5.75 Å². The number of thioether (sulfide) groups is 1. The molecule has 0 spiro atoms. The molecule has 6 nitrogen and oxygen atoms in total. The van der Waals surface area contributed by atoms with Crippen LogP contribution < -0.4 is 15.4 Å². The van der Waals surface area contributed by atoms with Gasteiger partial charge in [0.25, 0.3) is 0 Å². The van der Waals surface area contributed by atoms with E-state index in [1.165, 1.54) is 12.7 Å². The zero-order valence-corrected chi connectivity index (χ0v) is 18.8. The molecular weight excluding hydrogens is 434 g/mol. The van der Waals surface area contributed by atoms with Crippen molar-refractivity contribution in [2.45, 2.75) is 25.7 Å². The van der Waals surface area contributed by atoms with Crippen molar-refractivity contribution in [3.05, 3.63) is 69.2 Å². The molecule has 1 aliphatic heterocycles. The standard InChI is InChI=1S/C23H22ClN3O3S/c1-3-14-4-7-16(8-5-14)26-22(29)13-31-23-18(12-25)17(11-21(28)27-23)15-6-9-20(30-2)19(24)10-15/h4-10,17H,3,11,13H2,1-2H3,(H,26,29)(H,27,28)/t17-/m1/s1. The fourth-order valence-corrected chi connectivity index (χ4v) is 4.42. The summed E-state index contributed by atoms with van der Waals surface area (Å²) < 4.78 is 5.17. The van der Waals surface area contributed by atoms with Gasteiger partial charge in [0.2, 0.25) is 11.8 Å². The second kappa shape index (κ2) is 10.4. The third-order valence-corrected chi connectivity index (χ3v) is 6.24. The van der Waals surface area contributed by atoms with Gasteiger partial charge >= 0.3 is 0 Å². The van der Waals surface area contributed by atoms with Crippen LogP contribution >= 0.6 is 23.4 Å². The highest BCUT2D eigenvalue weighted by molar-refractivity contribution is 8.03. The maximum absolute atomic E-state index is 12.4. The van der Waals surface area contributed by atoms with Crippen molar-refractivity contribution in [2.24, 2.45) is 0 Å². The summed E-state index contributed by atoms with van der Waals surface area (Å²) in [6, 6.07) is 15.0. The summed E-state index contributed by atoms with van der Waals surface area (Å²) in [6.07, 6.45) is 1.06. The molecule has 0 radical (unpaired) electrons. The van der Waals surface area contributed by atoms with Gasteiger partial charge in [-0.3, -0.25) is 9.59 Å². The highest BCUT2D eigenvalue weighted by Crippen LogP contribution is 2.38. The number of anilines is 1. The topological polar surface area (TPSA) is 91.2 Å². The molecule has 1 atom stereocenters. The van der Waals surface area contributed by atoms with Crippen molar-refractivity contribution in [1.29, 1.82) is 5.26 Å². The summed E-state index contributed by atoms with van der Waals surface area (Å²) in [5.41, 5.74) is 3.04. The van der Waals surface area contributed by atoms with Crippen molar-refractivity contribution in [3.8, 4) is 11.8 Å². The normalized spacial score (nSPS) is 15.8. The number of halogens is 1. The van der Waals surface area contributed by atoms with Crippen LogP contribution in [0, 0.1) is 11.3 Å². The summed E-state index contributed by atoms with van der Waals surface area (Å²) in [6.45, 7) is 2.07. The monoisotopic (exact) mass is 455 g/mol. The third kappa shape index (κ3) is 5.60. The van der Waals surface area contributed by atoms with E-state index in [4.69, 9.17) is 16.3 Å². The van der Waals surface area contributed by atoms with Gasteiger partial charge in [0.1, 0.15) is 5.75 Å². The molecular formula is C23H22ClN3O3S. The summed E-state index contributed by atoms with van der Waals surface area (Å²) >= 11 is 7.36. The average Bonchev–Trinajstić information content (AvgIpc) is 2.77. The van der Waals surface area contributed by atoms with Crippen molar-refractivity contribution >= 4 is 40.9 Å². The molecule has 0 fully saturated rings.